The monoisotopic (exact) mass is 225 g/mol. The van der Waals surface area contributed by atoms with Crippen LogP contribution in [0.2, 0.25) is 0 Å². The van der Waals surface area contributed by atoms with Crippen molar-refractivity contribution in [1.29, 1.82) is 0 Å². The molecule has 0 unspecified atom stereocenters. The second kappa shape index (κ2) is 5.27. The van der Waals surface area contributed by atoms with Crippen LogP contribution < -0.4 is 10.2 Å². The van der Waals surface area contributed by atoms with Gasteiger partial charge < -0.3 is 14.7 Å². The van der Waals surface area contributed by atoms with E-state index in [1.165, 1.54) is 0 Å². The summed E-state index contributed by atoms with van der Waals surface area (Å²) >= 11 is 0. The van der Waals surface area contributed by atoms with E-state index in [0.29, 0.717) is 11.8 Å². The smallest absolute Gasteiger partial charge is 0.323 e. The average Bonchev–Trinajstić information content (AvgIpc) is 2.74. The molecular formula is C10H19N5O. The van der Waals surface area contributed by atoms with E-state index in [1.54, 1.807) is 0 Å². The first-order chi connectivity index (χ1) is 7.75. The molecule has 90 valence electrons. The van der Waals surface area contributed by atoms with Crippen LogP contribution in [-0.2, 0) is 0 Å². The van der Waals surface area contributed by atoms with Crippen molar-refractivity contribution in [1.82, 2.24) is 20.4 Å². The summed E-state index contributed by atoms with van der Waals surface area (Å²) in [4.78, 5) is 8.63. The van der Waals surface area contributed by atoms with Crippen molar-refractivity contribution in [3.63, 3.8) is 0 Å². The topological polar surface area (TPSA) is 57.4 Å². The highest BCUT2D eigenvalue weighted by molar-refractivity contribution is 5.22. The Bertz CT molecular complexity index is 321. The molecule has 1 aliphatic heterocycles. The molecule has 2 heterocycles. The van der Waals surface area contributed by atoms with Crippen LogP contribution in [0.3, 0.4) is 0 Å². The predicted octanol–water partition coefficient (Wildman–Crippen LogP) is -0.281. The van der Waals surface area contributed by atoms with Crippen LogP contribution in [0.5, 0.6) is 0 Å². The van der Waals surface area contributed by atoms with Crippen LogP contribution in [0.15, 0.2) is 4.52 Å². The number of nitrogens with one attached hydrogen (secondary N) is 1. The van der Waals surface area contributed by atoms with Gasteiger partial charge in [0.25, 0.3) is 0 Å². The predicted molar refractivity (Wildman–Crippen MR) is 61.6 cm³/mol. The second-order valence-corrected chi connectivity index (χ2v) is 4.14. The van der Waals surface area contributed by atoms with Gasteiger partial charge in [0.1, 0.15) is 0 Å². The molecule has 1 N–H and O–H groups in total. The molecule has 0 radical (unpaired) electrons. The molecule has 6 nitrogen and oxygen atoms in total. The van der Waals surface area contributed by atoms with Gasteiger partial charge in [0.2, 0.25) is 0 Å². The number of nitrogens with zero attached hydrogens (tertiary/aromatic N) is 4. The van der Waals surface area contributed by atoms with E-state index in [9.17, 15) is 0 Å². The molecule has 6 heteroatoms. The van der Waals surface area contributed by atoms with Gasteiger partial charge in [0.15, 0.2) is 5.82 Å². The Morgan fingerprint density at radius 1 is 1.44 bits per heavy atom. The Morgan fingerprint density at radius 2 is 2.19 bits per heavy atom. The highest BCUT2D eigenvalue weighted by atomic mass is 16.5. The minimum absolute atomic E-state index is 0.604. The normalized spacial score (nSPS) is 17.6. The fourth-order valence-electron chi connectivity index (χ4n) is 1.76. The van der Waals surface area contributed by atoms with E-state index in [2.05, 4.69) is 20.4 Å². The third kappa shape index (κ3) is 2.93. The summed E-state index contributed by atoms with van der Waals surface area (Å²) in [6, 6.07) is 0.604. The molecule has 0 atom stereocenters. The second-order valence-electron chi connectivity index (χ2n) is 4.14. The van der Waals surface area contributed by atoms with Gasteiger partial charge >= 0.3 is 6.01 Å². The summed E-state index contributed by atoms with van der Waals surface area (Å²) in [5.74, 6) is 0.684. The van der Waals surface area contributed by atoms with Crippen molar-refractivity contribution in [3.8, 4) is 0 Å². The zero-order valence-corrected chi connectivity index (χ0v) is 9.94. The number of anilines is 1. The third-order valence-corrected chi connectivity index (χ3v) is 2.80. The first-order valence-electron chi connectivity index (χ1n) is 5.70. The van der Waals surface area contributed by atoms with Gasteiger partial charge in [-0.15, -0.1) is 0 Å². The molecule has 2 rings (SSSR count). The van der Waals surface area contributed by atoms with E-state index < -0.39 is 0 Å². The largest absolute Gasteiger partial charge is 0.326 e. The molecule has 0 saturated carbocycles. The lowest BCUT2D eigenvalue weighted by Gasteiger charge is -2.28. The van der Waals surface area contributed by atoms with E-state index in [-0.39, 0.29) is 0 Å². The Balaban J connectivity index is 1.76. The first-order valence-corrected chi connectivity index (χ1v) is 5.70. The minimum atomic E-state index is 0.604. The number of aromatic nitrogens is 2. The standard InChI is InChI=1S/C10H19N5O/c1-9-12-10(16-13-9)14(2)7-8-15-5-3-11-4-6-15/h11H,3-8H2,1-2H3. The van der Waals surface area contributed by atoms with Crippen LogP contribution in [0, 0.1) is 6.92 Å². The van der Waals surface area contributed by atoms with Crippen LogP contribution >= 0.6 is 0 Å². The molecule has 0 aromatic carbocycles. The fourth-order valence-corrected chi connectivity index (χ4v) is 1.76. The number of hydrogen-bond donors (Lipinski definition) is 1. The molecule has 0 amide bonds. The number of piperazine rings is 1. The Labute approximate surface area is 95.6 Å². The zero-order valence-electron chi connectivity index (χ0n) is 9.94. The number of likely N-dealkylation sites (N-methyl/N-ethyl adjacent to an activating group) is 1. The van der Waals surface area contributed by atoms with Crippen molar-refractivity contribution in [2.45, 2.75) is 6.92 Å². The maximum absolute atomic E-state index is 5.10. The zero-order chi connectivity index (χ0) is 11.4. The van der Waals surface area contributed by atoms with Gasteiger partial charge in [-0.1, -0.05) is 5.16 Å². The van der Waals surface area contributed by atoms with Crippen molar-refractivity contribution < 1.29 is 4.52 Å². The quantitative estimate of drug-likeness (QED) is 0.760. The lowest BCUT2D eigenvalue weighted by atomic mass is 10.3. The first kappa shape index (κ1) is 11.3. The number of rotatable bonds is 4. The van der Waals surface area contributed by atoms with Gasteiger partial charge in [-0.2, -0.15) is 4.98 Å². The van der Waals surface area contributed by atoms with Gasteiger partial charge in [0, 0.05) is 46.3 Å². The summed E-state index contributed by atoms with van der Waals surface area (Å²) in [5, 5.41) is 7.12. The summed E-state index contributed by atoms with van der Waals surface area (Å²) in [5.41, 5.74) is 0. The highest BCUT2D eigenvalue weighted by Gasteiger charge is 2.12. The summed E-state index contributed by atoms with van der Waals surface area (Å²) in [7, 11) is 1.98. The Hall–Kier alpha value is -1.14. The van der Waals surface area contributed by atoms with Crippen molar-refractivity contribution in [2.24, 2.45) is 0 Å². The summed E-state index contributed by atoms with van der Waals surface area (Å²) < 4.78 is 5.10. The fraction of sp³-hybridized carbons (Fsp3) is 0.800. The maximum Gasteiger partial charge on any atom is 0.323 e. The van der Waals surface area contributed by atoms with Crippen molar-refractivity contribution in [2.75, 3.05) is 51.2 Å². The summed E-state index contributed by atoms with van der Waals surface area (Å²) in [6.07, 6.45) is 0. The summed E-state index contributed by atoms with van der Waals surface area (Å²) in [6.45, 7) is 8.21. The lowest BCUT2D eigenvalue weighted by molar-refractivity contribution is 0.245. The molecule has 1 aliphatic rings. The molecule has 0 bridgehead atoms. The van der Waals surface area contributed by atoms with E-state index in [1.807, 2.05) is 18.9 Å². The van der Waals surface area contributed by atoms with Gasteiger partial charge in [-0.3, -0.25) is 4.90 Å². The molecule has 16 heavy (non-hydrogen) atoms. The third-order valence-electron chi connectivity index (χ3n) is 2.80. The maximum atomic E-state index is 5.10. The van der Waals surface area contributed by atoms with Crippen LogP contribution in [-0.4, -0.2) is 61.4 Å². The molecule has 1 aromatic rings. The Morgan fingerprint density at radius 3 is 2.81 bits per heavy atom. The molecule has 0 spiro atoms. The van der Waals surface area contributed by atoms with Crippen LogP contribution in [0.25, 0.3) is 0 Å². The van der Waals surface area contributed by atoms with Crippen LogP contribution in [0.4, 0.5) is 6.01 Å². The Kier molecular flexibility index (Phi) is 3.74. The molecule has 1 saturated heterocycles. The van der Waals surface area contributed by atoms with E-state index in [4.69, 9.17) is 4.52 Å². The van der Waals surface area contributed by atoms with Gasteiger partial charge in [-0.05, 0) is 6.92 Å². The lowest BCUT2D eigenvalue weighted by Crippen LogP contribution is -2.46. The van der Waals surface area contributed by atoms with Crippen molar-refractivity contribution >= 4 is 6.01 Å². The van der Waals surface area contributed by atoms with Crippen molar-refractivity contribution in [3.05, 3.63) is 5.82 Å². The number of hydrogen-bond acceptors (Lipinski definition) is 6. The van der Waals surface area contributed by atoms with Crippen LogP contribution in [0.1, 0.15) is 5.82 Å². The van der Waals surface area contributed by atoms with Gasteiger partial charge in [0.05, 0.1) is 0 Å². The molecule has 1 fully saturated rings. The highest BCUT2D eigenvalue weighted by Crippen LogP contribution is 2.07. The van der Waals surface area contributed by atoms with Gasteiger partial charge in [-0.25, -0.2) is 0 Å². The van der Waals surface area contributed by atoms with E-state index in [0.717, 1.165) is 39.3 Å². The average molecular weight is 225 g/mol. The molecular weight excluding hydrogens is 206 g/mol. The molecule has 1 aromatic heterocycles. The number of aryl methyl sites for hydroxylation is 1. The minimum Gasteiger partial charge on any atom is -0.326 e. The van der Waals surface area contributed by atoms with E-state index >= 15 is 0 Å². The SMILES string of the molecule is Cc1noc(N(C)CCN2CCNCC2)n1. The molecule has 0 aliphatic carbocycles.